The molecule has 1 aliphatic rings. The van der Waals surface area contributed by atoms with Gasteiger partial charge in [-0.25, -0.2) is 17.8 Å². The molecule has 33 heavy (non-hydrogen) atoms. The number of aromatic nitrogens is 1. The van der Waals surface area contributed by atoms with Crippen LogP contribution >= 0.6 is 23.1 Å². The van der Waals surface area contributed by atoms with E-state index in [1.54, 1.807) is 29.2 Å². The van der Waals surface area contributed by atoms with E-state index in [9.17, 15) is 17.6 Å². The number of sulfone groups is 1. The Balaban J connectivity index is 1.55. The second-order valence-corrected chi connectivity index (χ2v) is 11.7. The highest BCUT2D eigenvalue weighted by molar-refractivity contribution is 8.00. The number of amides is 1. The molecule has 0 spiro atoms. The van der Waals surface area contributed by atoms with E-state index in [4.69, 9.17) is 4.74 Å². The summed E-state index contributed by atoms with van der Waals surface area (Å²) < 4.78 is 43.1. The number of carbonyl (C=O) groups is 1. The molecule has 4 rings (SSSR count). The predicted molar refractivity (Wildman–Crippen MR) is 129 cm³/mol. The fourth-order valence-corrected chi connectivity index (χ4v) is 5.93. The second kappa shape index (κ2) is 10.5. The van der Waals surface area contributed by atoms with Crippen molar-refractivity contribution in [2.24, 2.45) is 0 Å². The van der Waals surface area contributed by atoms with Crippen LogP contribution in [-0.4, -0.2) is 75.6 Å². The van der Waals surface area contributed by atoms with Gasteiger partial charge in [0, 0.05) is 37.3 Å². The molecule has 0 bridgehead atoms. The third-order valence-electron chi connectivity index (χ3n) is 5.23. The number of fused-ring (bicyclic) bond motifs is 1. The Hall–Kier alpha value is -2.05. The monoisotopic (exact) mass is 509 g/mol. The molecule has 1 aromatic heterocycles. The summed E-state index contributed by atoms with van der Waals surface area (Å²) in [5.41, 5.74) is 0.651. The number of rotatable bonds is 8. The van der Waals surface area contributed by atoms with E-state index in [1.165, 1.54) is 47.6 Å². The number of ether oxygens (including phenoxy) is 1. The van der Waals surface area contributed by atoms with Gasteiger partial charge in [-0.3, -0.25) is 14.6 Å². The molecule has 0 radical (unpaired) electrons. The molecule has 176 valence electrons. The number of halogens is 1. The Morgan fingerprint density at radius 3 is 2.64 bits per heavy atom. The largest absolute Gasteiger partial charge is 0.379 e. The fourth-order valence-electron chi connectivity index (χ4n) is 3.39. The van der Waals surface area contributed by atoms with Gasteiger partial charge >= 0.3 is 0 Å². The smallest absolute Gasteiger partial charge is 0.239 e. The number of thioether (sulfide) groups is 1. The van der Waals surface area contributed by atoms with Crippen molar-refractivity contribution in [1.82, 2.24) is 9.88 Å². The van der Waals surface area contributed by atoms with Gasteiger partial charge in [0.2, 0.25) is 5.91 Å². The molecule has 0 N–H and O–H groups in total. The van der Waals surface area contributed by atoms with E-state index < -0.39 is 9.84 Å². The molecule has 7 nitrogen and oxygen atoms in total. The number of anilines is 1. The Morgan fingerprint density at radius 1 is 1.21 bits per heavy atom. The quantitative estimate of drug-likeness (QED) is 0.431. The Kier molecular flexibility index (Phi) is 7.65. The average Bonchev–Trinajstić information content (AvgIpc) is 3.22. The summed E-state index contributed by atoms with van der Waals surface area (Å²) in [5.74, 6) is -0.250. The number of hydrogen-bond acceptors (Lipinski definition) is 8. The molecule has 1 saturated heterocycles. The molecule has 0 saturated carbocycles. The first-order valence-electron chi connectivity index (χ1n) is 10.4. The van der Waals surface area contributed by atoms with Gasteiger partial charge in [-0.1, -0.05) is 11.3 Å². The molecule has 3 aromatic rings. The lowest BCUT2D eigenvalue weighted by Gasteiger charge is -2.29. The van der Waals surface area contributed by atoms with Crippen molar-refractivity contribution < 1.29 is 22.3 Å². The zero-order valence-electron chi connectivity index (χ0n) is 18.1. The molecular weight excluding hydrogens is 485 g/mol. The molecule has 1 amide bonds. The maximum absolute atomic E-state index is 13.2. The first kappa shape index (κ1) is 24.1. The Labute approximate surface area is 200 Å². The van der Waals surface area contributed by atoms with Crippen LogP contribution in [0.3, 0.4) is 0 Å². The van der Waals surface area contributed by atoms with Crippen LogP contribution in [0.25, 0.3) is 10.2 Å². The van der Waals surface area contributed by atoms with E-state index in [2.05, 4.69) is 9.88 Å². The van der Waals surface area contributed by atoms with Crippen LogP contribution in [0.5, 0.6) is 0 Å². The lowest BCUT2D eigenvalue weighted by Crippen LogP contribution is -2.43. The predicted octanol–water partition coefficient (Wildman–Crippen LogP) is 3.30. The first-order valence-corrected chi connectivity index (χ1v) is 14.1. The van der Waals surface area contributed by atoms with Crippen molar-refractivity contribution >= 4 is 54.2 Å². The van der Waals surface area contributed by atoms with Gasteiger partial charge in [0.05, 0.1) is 34.1 Å². The molecule has 1 aliphatic heterocycles. The van der Waals surface area contributed by atoms with Gasteiger partial charge in [-0.05, 0) is 42.5 Å². The summed E-state index contributed by atoms with van der Waals surface area (Å²) in [5, 5.41) is 0.536. The minimum absolute atomic E-state index is 0.111. The van der Waals surface area contributed by atoms with Crippen LogP contribution in [0.1, 0.15) is 0 Å². The maximum Gasteiger partial charge on any atom is 0.239 e. The van der Waals surface area contributed by atoms with Gasteiger partial charge in [0.1, 0.15) is 5.82 Å². The van der Waals surface area contributed by atoms with E-state index in [-0.39, 0.29) is 22.4 Å². The van der Waals surface area contributed by atoms with Gasteiger partial charge in [-0.2, -0.15) is 0 Å². The van der Waals surface area contributed by atoms with Crippen LogP contribution in [0, 0.1) is 5.82 Å². The summed E-state index contributed by atoms with van der Waals surface area (Å²) in [7, 11) is -3.34. The average molecular weight is 510 g/mol. The van der Waals surface area contributed by atoms with E-state index in [0.29, 0.717) is 41.7 Å². The highest BCUT2D eigenvalue weighted by Crippen LogP contribution is 2.31. The number of morpholine rings is 1. The van der Waals surface area contributed by atoms with Crippen molar-refractivity contribution in [3.05, 3.63) is 48.3 Å². The van der Waals surface area contributed by atoms with Crippen LogP contribution in [-0.2, 0) is 19.4 Å². The van der Waals surface area contributed by atoms with Gasteiger partial charge in [-0.15, -0.1) is 11.8 Å². The fraction of sp³-hybridized carbons (Fsp3) is 0.364. The molecule has 2 heterocycles. The normalized spacial score (nSPS) is 15.1. The molecule has 2 aromatic carbocycles. The number of hydrogen-bond donors (Lipinski definition) is 0. The van der Waals surface area contributed by atoms with Crippen LogP contribution in [0.4, 0.5) is 9.52 Å². The van der Waals surface area contributed by atoms with Crippen molar-refractivity contribution in [2.45, 2.75) is 9.79 Å². The highest BCUT2D eigenvalue weighted by atomic mass is 32.2. The van der Waals surface area contributed by atoms with E-state index >= 15 is 0 Å². The number of benzene rings is 2. The minimum Gasteiger partial charge on any atom is -0.379 e. The van der Waals surface area contributed by atoms with Crippen molar-refractivity contribution in [3.8, 4) is 0 Å². The molecule has 0 atom stereocenters. The van der Waals surface area contributed by atoms with Crippen LogP contribution in [0.2, 0.25) is 0 Å². The molecule has 1 fully saturated rings. The third kappa shape index (κ3) is 6.30. The molecule has 0 aliphatic carbocycles. The zero-order valence-corrected chi connectivity index (χ0v) is 20.5. The van der Waals surface area contributed by atoms with Gasteiger partial charge in [0.15, 0.2) is 15.0 Å². The molecule has 11 heteroatoms. The van der Waals surface area contributed by atoms with Crippen LogP contribution < -0.4 is 4.90 Å². The summed E-state index contributed by atoms with van der Waals surface area (Å²) >= 11 is 2.64. The highest BCUT2D eigenvalue weighted by Gasteiger charge is 2.22. The summed E-state index contributed by atoms with van der Waals surface area (Å²) in [6, 6.07) is 10.8. The lowest BCUT2D eigenvalue weighted by molar-refractivity contribution is -0.116. The number of nitrogens with zero attached hydrogens (tertiary/aromatic N) is 3. The van der Waals surface area contributed by atoms with Crippen molar-refractivity contribution in [3.63, 3.8) is 0 Å². The zero-order chi connectivity index (χ0) is 23.4. The number of thiazole rings is 1. The summed E-state index contributed by atoms with van der Waals surface area (Å²) in [6.07, 6.45) is 1.17. The van der Waals surface area contributed by atoms with Gasteiger partial charge < -0.3 is 4.74 Å². The Bertz CT molecular complexity index is 1230. The standard InChI is InChI=1S/C22H24FN3O4S3/c1-33(28,29)18-6-7-19-20(14-18)32-22(24-19)26(9-8-25-10-12-30-13-11-25)21(27)15-31-17-4-2-16(23)3-5-17/h2-7,14H,8-13,15H2,1H3. The van der Waals surface area contributed by atoms with Crippen molar-refractivity contribution in [2.75, 3.05) is 56.3 Å². The topological polar surface area (TPSA) is 79.8 Å². The third-order valence-corrected chi connectivity index (χ3v) is 8.38. The molecular formula is C22H24FN3O4S3. The SMILES string of the molecule is CS(=O)(=O)c1ccc2nc(N(CCN3CCOCC3)C(=O)CSc3ccc(F)cc3)sc2c1. The maximum atomic E-state index is 13.2. The van der Waals surface area contributed by atoms with E-state index in [1.807, 2.05) is 0 Å². The Morgan fingerprint density at radius 2 is 1.94 bits per heavy atom. The van der Waals surface area contributed by atoms with E-state index in [0.717, 1.165) is 18.0 Å². The summed E-state index contributed by atoms with van der Waals surface area (Å²) in [4.78, 5) is 22.8. The van der Waals surface area contributed by atoms with Gasteiger partial charge in [0.25, 0.3) is 0 Å². The number of carbonyl (C=O) groups excluding carboxylic acids is 1. The summed E-state index contributed by atoms with van der Waals surface area (Å²) in [6.45, 7) is 4.10. The van der Waals surface area contributed by atoms with Crippen LogP contribution in [0.15, 0.2) is 52.3 Å². The molecule has 0 unspecified atom stereocenters. The minimum atomic E-state index is -3.34. The lowest BCUT2D eigenvalue weighted by atomic mass is 10.3. The second-order valence-electron chi connectivity index (χ2n) is 7.64. The van der Waals surface area contributed by atoms with Crippen molar-refractivity contribution in [1.29, 1.82) is 0 Å². The first-order chi connectivity index (χ1) is 15.8.